The van der Waals surface area contributed by atoms with Crippen molar-refractivity contribution in [2.75, 3.05) is 0 Å². The minimum Gasteiger partial charge on any atom is -0.368 e. The second-order valence-electron chi connectivity index (χ2n) is 5.98. The van der Waals surface area contributed by atoms with Gasteiger partial charge in [-0.1, -0.05) is 30.3 Å². The number of alkyl halides is 3. The molecular formula is C18H16F3N3O4. The van der Waals surface area contributed by atoms with Gasteiger partial charge in [0.2, 0.25) is 11.8 Å². The average molecular weight is 395 g/mol. The molecule has 0 heterocycles. The Kier molecular flexibility index (Phi) is 6.34. The third-order valence-corrected chi connectivity index (χ3v) is 3.94. The number of para-hydroxylation sites is 1. The number of halogens is 3. The van der Waals surface area contributed by atoms with Gasteiger partial charge < -0.3 is 11.1 Å². The Hall–Kier alpha value is -3.43. The van der Waals surface area contributed by atoms with Gasteiger partial charge in [-0.15, -0.1) is 0 Å². The van der Waals surface area contributed by atoms with Crippen LogP contribution in [-0.2, 0) is 28.6 Å². The lowest BCUT2D eigenvalue weighted by Gasteiger charge is -2.16. The van der Waals surface area contributed by atoms with Gasteiger partial charge in [0.15, 0.2) is 0 Å². The molecule has 2 rings (SSSR count). The molecule has 0 bridgehead atoms. The summed E-state index contributed by atoms with van der Waals surface area (Å²) in [6.07, 6.45) is -4.95. The highest BCUT2D eigenvalue weighted by Crippen LogP contribution is 2.29. The van der Waals surface area contributed by atoms with E-state index < -0.39 is 34.5 Å². The summed E-state index contributed by atoms with van der Waals surface area (Å²) in [5, 5.41) is 13.4. The van der Waals surface area contributed by atoms with E-state index in [0.717, 1.165) is 24.3 Å². The van der Waals surface area contributed by atoms with Crippen molar-refractivity contribution < 1.29 is 27.7 Å². The standard InChI is InChI=1S/C18H16F3N3O4/c19-18(20,21)13-7-5-11(6-8-13)9-16(25)23-14(17(22)26)10-12-3-1-2-4-15(12)24(27)28/h1-8,14H,9-10H2,(H2,22,26)(H,23,25)/t14-/m1/s1. The first-order valence-electron chi connectivity index (χ1n) is 8.05. The molecule has 0 unspecified atom stereocenters. The summed E-state index contributed by atoms with van der Waals surface area (Å²) in [4.78, 5) is 34.2. The van der Waals surface area contributed by atoms with Crippen LogP contribution in [0.4, 0.5) is 18.9 Å². The Labute approximate surface area is 157 Å². The van der Waals surface area contributed by atoms with Gasteiger partial charge in [0, 0.05) is 18.1 Å². The van der Waals surface area contributed by atoms with Crippen LogP contribution in [0.1, 0.15) is 16.7 Å². The fraction of sp³-hybridized carbons (Fsp3) is 0.222. The van der Waals surface area contributed by atoms with Crippen LogP contribution in [-0.4, -0.2) is 22.8 Å². The van der Waals surface area contributed by atoms with Gasteiger partial charge >= 0.3 is 6.18 Å². The monoisotopic (exact) mass is 395 g/mol. The molecule has 0 aliphatic heterocycles. The summed E-state index contributed by atoms with van der Waals surface area (Å²) in [5.74, 6) is -1.54. The predicted octanol–water partition coefficient (Wildman–Crippen LogP) is 2.37. The second-order valence-corrected chi connectivity index (χ2v) is 5.98. The number of nitro groups is 1. The smallest absolute Gasteiger partial charge is 0.368 e. The van der Waals surface area contributed by atoms with Crippen molar-refractivity contribution in [3.8, 4) is 0 Å². The van der Waals surface area contributed by atoms with Crippen molar-refractivity contribution in [3.63, 3.8) is 0 Å². The Bertz CT molecular complexity index is 882. The fourth-order valence-electron chi connectivity index (χ4n) is 2.55. The molecule has 7 nitrogen and oxygen atoms in total. The van der Waals surface area contributed by atoms with Crippen LogP contribution >= 0.6 is 0 Å². The van der Waals surface area contributed by atoms with Crippen molar-refractivity contribution in [3.05, 3.63) is 75.3 Å². The molecule has 2 aromatic rings. The Morgan fingerprint density at radius 1 is 1.11 bits per heavy atom. The van der Waals surface area contributed by atoms with Gasteiger partial charge in [0.25, 0.3) is 5.69 Å². The number of carbonyl (C=O) groups excluding carboxylic acids is 2. The number of rotatable bonds is 7. The number of nitro benzene ring substituents is 1. The van der Waals surface area contributed by atoms with Crippen LogP contribution in [0, 0.1) is 10.1 Å². The fourth-order valence-corrected chi connectivity index (χ4v) is 2.55. The number of nitrogens with zero attached hydrogens (tertiary/aromatic N) is 1. The van der Waals surface area contributed by atoms with Gasteiger partial charge in [-0.3, -0.25) is 19.7 Å². The molecule has 0 aromatic heterocycles. The summed E-state index contributed by atoms with van der Waals surface area (Å²) in [7, 11) is 0. The van der Waals surface area contributed by atoms with Crippen LogP contribution in [0.25, 0.3) is 0 Å². The van der Waals surface area contributed by atoms with E-state index in [4.69, 9.17) is 5.73 Å². The lowest BCUT2D eigenvalue weighted by atomic mass is 10.0. The molecule has 3 N–H and O–H groups in total. The van der Waals surface area contributed by atoms with Crippen molar-refractivity contribution in [2.45, 2.75) is 25.1 Å². The molecule has 0 saturated heterocycles. The summed E-state index contributed by atoms with van der Waals surface area (Å²) in [5.41, 5.74) is 4.73. The molecule has 0 fully saturated rings. The lowest BCUT2D eigenvalue weighted by molar-refractivity contribution is -0.385. The van der Waals surface area contributed by atoms with Crippen LogP contribution < -0.4 is 11.1 Å². The predicted molar refractivity (Wildman–Crippen MR) is 93.1 cm³/mol. The van der Waals surface area contributed by atoms with Gasteiger partial charge in [-0.2, -0.15) is 13.2 Å². The number of nitrogens with one attached hydrogen (secondary N) is 1. The minimum absolute atomic E-state index is 0.189. The first kappa shape index (κ1) is 20.9. The Balaban J connectivity index is 2.07. The number of primary amides is 1. The van der Waals surface area contributed by atoms with E-state index in [-0.39, 0.29) is 24.1 Å². The molecule has 0 saturated carbocycles. The summed E-state index contributed by atoms with van der Waals surface area (Å²) in [6.45, 7) is 0. The number of hydrogen-bond acceptors (Lipinski definition) is 4. The molecular weight excluding hydrogens is 379 g/mol. The van der Waals surface area contributed by atoms with E-state index in [1.54, 1.807) is 6.07 Å². The van der Waals surface area contributed by atoms with E-state index in [1.165, 1.54) is 18.2 Å². The number of amides is 2. The van der Waals surface area contributed by atoms with Crippen LogP contribution in [0.3, 0.4) is 0 Å². The zero-order valence-corrected chi connectivity index (χ0v) is 14.4. The third-order valence-electron chi connectivity index (χ3n) is 3.94. The topological polar surface area (TPSA) is 115 Å². The molecule has 1 atom stereocenters. The minimum atomic E-state index is -4.48. The van der Waals surface area contributed by atoms with E-state index in [2.05, 4.69) is 5.32 Å². The van der Waals surface area contributed by atoms with E-state index >= 15 is 0 Å². The van der Waals surface area contributed by atoms with Crippen LogP contribution in [0.5, 0.6) is 0 Å². The molecule has 148 valence electrons. The molecule has 0 aliphatic rings. The van der Waals surface area contributed by atoms with Crippen LogP contribution in [0.2, 0.25) is 0 Å². The largest absolute Gasteiger partial charge is 0.416 e. The number of nitrogens with two attached hydrogens (primary N) is 1. The van der Waals surface area contributed by atoms with Crippen LogP contribution in [0.15, 0.2) is 48.5 Å². The number of benzene rings is 2. The maximum absolute atomic E-state index is 12.6. The van der Waals surface area contributed by atoms with Gasteiger partial charge in [-0.25, -0.2) is 0 Å². The quantitative estimate of drug-likeness (QED) is 0.553. The summed E-state index contributed by atoms with van der Waals surface area (Å²) >= 11 is 0. The molecule has 10 heteroatoms. The first-order chi connectivity index (χ1) is 13.1. The van der Waals surface area contributed by atoms with Gasteiger partial charge in [0.05, 0.1) is 16.9 Å². The number of carbonyl (C=O) groups is 2. The normalized spacial score (nSPS) is 12.2. The van der Waals surface area contributed by atoms with Crippen molar-refractivity contribution in [1.82, 2.24) is 5.32 Å². The highest BCUT2D eigenvalue weighted by Gasteiger charge is 2.30. The number of hydrogen-bond donors (Lipinski definition) is 2. The highest BCUT2D eigenvalue weighted by atomic mass is 19.4. The first-order valence-corrected chi connectivity index (χ1v) is 8.05. The van der Waals surface area contributed by atoms with Gasteiger partial charge in [-0.05, 0) is 17.7 Å². The molecule has 0 radical (unpaired) electrons. The molecule has 28 heavy (non-hydrogen) atoms. The van der Waals surface area contributed by atoms with E-state index in [9.17, 15) is 32.9 Å². The SMILES string of the molecule is NC(=O)[C@@H](Cc1ccccc1[N+](=O)[O-])NC(=O)Cc1ccc(C(F)(F)F)cc1. The maximum atomic E-state index is 12.6. The van der Waals surface area contributed by atoms with E-state index in [1.807, 2.05) is 0 Å². The Morgan fingerprint density at radius 3 is 2.25 bits per heavy atom. The zero-order chi connectivity index (χ0) is 20.9. The van der Waals surface area contributed by atoms with Gasteiger partial charge in [0.1, 0.15) is 6.04 Å². The molecule has 0 aliphatic carbocycles. The average Bonchev–Trinajstić information content (AvgIpc) is 2.61. The zero-order valence-electron chi connectivity index (χ0n) is 14.4. The molecule has 0 spiro atoms. The van der Waals surface area contributed by atoms with E-state index in [0.29, 0.717) is 5.56 Å². The second kappa shape index (κ2) is 8.51. The summed E-state index contributed by atoms with van der Waals surface area (Å²) in [6, 6.07) is 8.52. The van der Waals surface area contributed by atoms with Crippen molar-refractivity contribution >= 4 is 17.5 Å². The summed E-state index contributed by atoms with van der Waals surface area (Å²) < 4.78 is 37.7. The molecule has 2 amide bonds. The maximum Gasteiger partial charge on any atom is 0.416 e. The lowest BCUT2D eigenvalue weighted by Crippen LogP contribution is -2.46. The Morgan fingerprint density at radius 2 is 1.71 bits per heavy atom. The molecule has 2 aromatic carbocycles. The van der Waals surface area contributed by atoms with Crippen molar-refractivity contribution in [1.29, 1.82) is 0 Å². The van der Waals surface area contributed by atoms with Crippen molar-refractivity contribution in [2.24, 2.45) is 5.73 Å². The third kappa shape index (κ3) is 5.53. The highest BCUT2D eigenvalue weighted by molar-refractivity contribution is 5.87.